The molecule has 3 nitrogen and oxygen atoms in total. The van der Waals surface area contributed by atoms with E-state index in [1.54, 1.807) is 0 Å². The van der Waals surface area contributed by atoms with Crippen molar-refractivity contribution >= 4 is 0 Å². The fraction of sp³-hybridized carbons (Fsp3) is 1.00. The molecule has 6 atom stereocenters. The molecule has 0 aliphatic carbocycles. The summed E-state index contributed by atoms with van der Waals surface area (Å²) < 4.78 is 232. The standard InChI is InChI=1S/C17H20F17NO2/c1-7(37-8(2)14(24,25)10(18)16(29,30)31)13(23,17(32,33)34)11(19)35(5-4-12(20,21)22)6-9(36-3)15(26,27)28/h7-11H,4-6H2,1-3H3. The molecule has 224 valence electrons. The van der Waals surface area contributed by atoms with Crippen molar-refractivity contribution in [3.05, 3.63) is 0 Å². The summed E-state index contributed by atoms with van der Waals surface area (Å²) in [5.41, 5.74) is -5.71. The summed E-state index contributed by atoms with van der Waals surface area (Å²) in [6.07, 6.45) is -46.1. The van der Waals surface area contributed by atoms with Crippen molar-refractivity contribution in [1.82, 2.24) is 4.90 Å². The number of hydrogen-bond donors (Lipinski definition) is 0. The highest BCUT2D eigenvalue weighted by atomic mass is 19.4. The third-order valence-corrected chi connectivity index (χ3v) is 5.00. The van der Waals surface area contributed by atoms with Gasteiger partial charge in [0.2, 0.25) is 0 Å². The second kappa shape index (κ2) is 11.8. The number of hydrogen-bond acceptors (Lipinski definition) is 3. The molecule has 0 rings (SSSR count). The summed E-state index contributed by atoms with van der Waals surface area (Å²) in [6.45, 7) is -4.54. The van der Waals surface area contributed by atoms with Gasteiger partial charge in [-0.1, -0.05) is 0 Å². The first-order chi connectivity index (χ1) is 16.1. The Labute approximate surface area is 197 Å². The number of nitrogens with zero attached hydrogens (tertiary/aromatic N) is 1. The number of rotatable bonds is 12. The summed E-state index contributed by atoms with van der Waals surface area (Å²) in [5, 5.41) is 0. The third-order valence-electron chi connectivity index (χ3n) is 5.00. The lowest BCUT2D eigenvalue weighted by Crippen LogP contribution is -2.65. The lowest BCUT2D eigenvalue weighted by Gasteiger charge is -2.42. The Kier molecular flexibility index (Phi) is 11.4. The minimum Gasteiger partial charge on any atom is -0.371 e. The third kappa shape index (κ3) is 9.14. The van der Waals surface area contributed by atoms with Gasteiger partial charge < -0.3 is 9.47 Å². The normalized spacial score (nSPS) is 20.4. The minimum atomic E-state index is -6.61. The van der Waals surface area contributed by atoms with Crippen LogP contribution in [0.3, 0.4) is 0 Å². The highest BCUT2D eigenvalue weighted by molar-refractivity contribution is 5.01. The predicted octanol–water partition coefficient (Wildman–Crippen LogP) is 6.71. The molecule has 0 aliphatic rings. The SMILES string of the molecule is COC(CN(CCC(F)(F)F)C(F)C(F)(C(C)OC(C)C(F)(F)C(F)C(F)(F)F)C(F)(F)F)C(F)(F)F. The van der Waals surface area contributed by atoms with Gasteiger partial charge in [0.1, 0.15) is 12.2 Å². The summed E-state index contributed by atoms with van der Waals surface area (Å²) in [4.78, 5) is -0.932. The van der Waals surface area contributed by atoms with E-state index in [-0.39, 0.29) is 21.0 Å². The van der Waals surface area contributed by atoms with Crippen molar-refractivity contribution in [3.8, 4) is 0 Å². The monoisotopic (exact) mass is 593 g/mol. The average molecular weight is 593 g/mol. The number of methoxy groups -OCH3 is 1. The Morgan fingerprint density at radius 1 is 0.703 bits per heavy atom. The number of ether oxygens (including phenoxy) is 2. The van der Waals surface area contributed by atoms with E-state index in [0.717, 1.165) is 0 Å². The van der Waals surface area contributed by atoms with Crippen molar-refractivity contribution in [3.63, 3.8) is 0 Å². The van der Waals surface area contributed by atoms with Gasteiger partial charge in [0, 0.05) is 20.2 Å². The maximum absolute atomic E-state index is 15.2. The van der Waals surface area contributed by atoms with E-state index in [2.05, 4.69) is 9.47 Å². The van der Waals surface area contributed by atoms with E-state index in [4.69, 9.17) is 0 Å². The maximum Gasteiger partial charge on any atom is 0.429 e. The topological polar surface area (TPSA) is 21.7 Å². The molecule has 37 heavy (non-hydrogen) atoms. The van der Waals surface area contributed by atoms with E-state index in [1.807, 2.05) is 0 Å². The molecule has 0 fully saturated rings. The van der Waals surface area contributed by atoms with Crippen molar-refractivity contribution in [1.29, 1.82) is 0 Å². The van der Waals surface area contributed by atoms with Gasteiger partial charge in [-0.15, -0.1) is 0 Å². The molecule has 0 spiro atoms. The van der Waals surface area contributed by atoms with Gasteiger partial charge in [-0.05, 0) is 13.8 Å². The largest absolute Gasteiger partial charge is 0.429 e. The van der Waals surface area contributed by atoms with Gasteiger partial charge in [0.15, 0.2) is 12.4 Å². The van der Waals surface area contributed by atoms with Crippen LogP contribution in [0.1, 0.15) is 20.3 Å². The first kappa shape index (κ1) is 35.7. The first-order valence-electron chi connectivity index (χ1n) is 9.68. The van der Waals surface area contributed by atoms with E-state index in [0.29, 0.717) is 0 Å². The van der Waals surface area contributed by atoms with Crippen LogP contribution in [0.4, 0.5) is 74.6 Å². The predicted molar refractivity (Wildman–Crippen MR) is 89.8 cm³/mol. The van der Waals surface area contributed by atoms with Crippen LogP contribution in [0, 0.1) is 0 Å². The summed E-state index contributed by atoms with van der Waals surface area (Å²) in [7, 11) is 0.281. The zero-order valence-corrected chi connectivity index (χ0v) is 18.7. The van der Waals surface area contributed by atoms with E-state index < -0.39 is 91.5 Å². The van der Waals surface area contributed by atoms with E-state index in [1.165, 1.54) is 0 Å². The Hall–Kier alpha value is -1.31. The molecule has 0 heterocycles. The molecule has 0 radical (unpaired) electrons. The van der Waals surface area contributed by atoms with Crippen LogP contribution in [0.2, 0.25) is 0 Å². The Balaban J connectivity index is 6.39. The molecule has 0 saturated heterocycles. The Morgan fingerprint density at radius 2 is 1.16 bits per heavy atom. The molecule has 0 bridgehead atoms. The van der Waals surface area contributed by atoms with E-state index in [9.17, 15) is 70.2 Å². The van der Waals surface area contributed by atoms with Crippen molar-refractivity contribution in [2.75, 3.05) is 20.2 Å². The van der Waals surface area contributed by atoms with Crippen molar-refractivity contribution in [2.45, 2.75) is 87.3 Å². The average Bonchev–Trinajstić information content (AvgIpc) is 2.68. The van der Waals surface area contributed by atoms with Gasteiger partial charge in [-0.2, -0.15) is 52.7 Å². The smallest absolute Gasteiger partial charge is 0.371 e. The van der Waals surface area contributed by atoms with Crippen LogP contribution in [-0.4, -0.2) is 92.2 Å². The number of halogens is 17. The zero-order chi connectivity index (χ0) is 30.0. The van der Waals surface area contributed by atoms with Crippen LogP contribution >= 0.6 is 0 Å². The molecule has 6 unspecified atom stereocenters. The lowest BCUT2D eigenvalue weighted by molar-refractivity contribution is -0.325. The second-order valence-corrected chi connectivity index (χ2v) is 7.73. The number of alkyl halides is 17. The molecule has 0 aromatic rings. The zero-order valence-electron chi connectivity index (χ0n) is 18.7. The summed E-state index contributed by atoms with van der Waals surface area (Å²) in [6, 6.07) is 0. The molecule has 20 heteroatoms. The van der Waals surface area contributed by atoms with Crippen LogP contribution in [0.15, 0.2) is 0 Å². The van der Waals surface area contributed by atoms with Gasteiger partial charge in [-0.3, -0.25) is 4.90 Å². The van der Waals surface area contributed by atoms with Gasteiger partial charge in [0.25, 0.3) is 11.8 Å². The molecule has 0 aliphatic heterocycles. The Bertz CT molecular complexity index is 704. The molecular weight excluding hydrogens is 573 g/mol. The van der Waals surface area contributed by atoms with Gasteiger partial charge in [-0.25, -0.2) is 22.0 Å². The second-order valence-electron chi connectivity index (χ2n) is 7.73. The fourth-order valence-electron chi connectivity index (χ4n) is 2.84. The summed E-state index contributed by atoms with van der Waals surface area (Å²) in [5.74, 6) is -5.68. The molecular formula is C17H20F17NO2. The summed E-state index contributed by atoms with van der Waals surface area (Å²) >= 11 is 0. The quantitative estimate of drug-likeness (QED) is 0.186. The van der Waals surface area contributed by atoms with Crippen LogP contribution < -0.4 is 0 Å². The van der Waals surface area contributed by atoms with Gasteiger partial charge in [0.05, 0.1) is 6.42 Å². The van der Waals surface area contributed by atoms with Crippen LogP contribution in [0.25, 0.3) is 0 Å². The fourth-order valence-corrected chi connectivity index (χ4v) is 2.84. The highest BCUT2D eigenvalue weighted by Gasteiger charge is 2.69. The molecule has 0 saturated carbocycles. The van der Waals surface area contributed by atoms with Gasteiger partial charge >= 0.3 is 30.6 Å². The highest BCUT2D eigenvalue weighted by Crippen LogP contribution is 2.46. The minimum absolute atomic E-state index is 0.148. The molecule has 0 amide bonds. The maximum atomic E-state index is 15.2. The first-order valence-corrected chi connectivity index (χ1v) is 9.68. The van der Waals surface area contributed by atoms with Crippen molar-refractivity contribution in [2.24, 2.45) is 0 Å². The van der Waals surface area contributed by atoms with Crippen LogP contribution in [-0.2, 0) is 9.47 Å². The van der Waals surface area contributed by atoms with E-state index >= 15 is 4.39 Å². The Morgan fingerprint density at radius 3 is 1.49 bits per heavy atom. The molecule has 0 N–H and O–H groups in total. The van der Waals surface area contributed by atoms with Crippen LogP contribution in [0.5, 0.6) is 0 Å². The lowest BCUT2D eigenvalue weighted by atomic mass is 9.95. The molecule has 0 aromatic heterocycles. The molecule has 0 aromatic carbocycles. The van der Waals surface area contributed by atoms with Crippen molar-refractivity contribution < 1.29 is 84.1 Å².